The highest BCUT2D eigenvalue weighted by molar-refractivity contribution is 7.97. The molecule has 0 saturated carbocycles. The van der Waals surface area contributed by atoms with E-state index in [4.69, 9.17) is 0 Å². The molecule has 0 atom stereocenters. The number of hydrogen-bond donors (Lipinski definition) is 1. The third-order valence-electron chi connectivity index (χ3n) is 1.47. The van der Waals surface area contributed by atoms with Crippen molar-refractivity contribution in [1.82, 2.24) is 4.72 Å². The maximum atomic E-state index is 10.6. The van der Waals surface area contributed by atoms with Crippen LogP contribution in [-0.4, -0.2) is 11.8 Å². The Morgan fingerprint density at radius 2 is 1.92 bits per heavy atom. The molecule has 1 aromatic carbocycles. The second-order valence-electron chi connectivity index (χ2n) is 3.36. The summed E-state index contributed by atoms with van der Waals surface area (Å²) in [5, 5.41) is 0. The minimum atomic E-state index is -0.472. The van der Waals surface area contributed by atoms with E-state index in [1.807, 2.05) is 44.2 Å². The maximum Gasteiger partial charge on any atom is 0.140 e. The molecule has 0 aliphatic heterocycles. The van der Waals surface area contributed by atoms with E-state index in [2.05, 4.69) is 4.72 Å². The topological polar surface area (TPSA) is 29.1 Å². The predicted molar refractivity (Wildman–Crippen MR) is 55.6 cm³/mol. The largest absolute Gasteiger partial charge is 0.301 e. The minimum Gasteiger partial charge on any atom is -0.301 e. The van der Waals surface area contributed by atoms with Crippen molar-refractivity contribution in [2.45, 2.75) is 24.3 Å². The first-order valence-electron chi connectivity index (χ1n) is 4.09. The van der Waals surface area contributed by atoms with E-state index >= 15 is 0 Å². The second-order valence-corrected chi connectivity index (χ2v) is 4.24. The summed E-state index contributed by atoms with van der Waals surface area (Å²) in [5.74, 6) is 0. The lowest BCUT2D eigenvalue weighted by Gasteiger charge is -2.17. The van der Waals surface area contributed by atoms with Crippen LogP contribution in [0.3, 0.4) is 0 Å². The van der Waals surface area contributed by atoms with Crippen LogP contribution >= 0.6 is 11.9 Å². The molecule has 0 saturated heterocycles. The third kappa shape index (κ3) is 3.61. The fourth-order valence-electron chi connectivity index (χ4n) is 0.703. The summed E-state index contributed by atoms with van der Waals surface area (Å²) in [6.07, 6.45) is 0.906. The van der Waals surface area contributed by atoms with Gasteiger partial charge < -0.3 is 4.79 Å². The van der Waals surface area contributed by atoms with Crippen molar-refractivity contribution in [2.24, 2.45) is 0 Å². The van der Waals surface area contributed by atoms with Crippen LogP contribution in [-0.2, 0) is 4.79 Å². The van der Waals surface area contributed by atoms with Crippen LogP contribution in [0.1, 0.15) is 13.8 Å². The van der Waals surface area contributed by atoms with E-state index in [9.17, 15) is 4.79 Å². The molecule has 13 heavy (non-hydrogen) atoms. The summed E-state index contributed by atoms with van der Waals surface area (Å²) >= 11 is 1.47. The van der Waals surface area contributed by atoms with E-state index in [1.165, 1.54) is 11.9 Å². The second kappa shape index (κ2) is 4.44. The lowest BCUT2D eigenvalue weighted by Crippen LogP contribution is -2.35. The summed E-state index contributed by atoms with van der Waals surface area (Å²) in [4.78, 5) is 11.7. The minimum absolute atomic E-state index is 0.472. The Morgan fingerprint density at radius 3 is 2.46 bits per heavy atom. The highest BCUT2D eigenvalue weighted by atomic mass is 32.2. The van der Waals surface area contributed by atoms with Gasteiger partial charge in [0.2, 0.25) is 0 Å². The lowest BCUT2D eigenvalue weighted by molar-refractivity contribution is -0.111. The van der Waals surface area contributed by atoms with Gasteiger partial charge in [0, 0.05) is 4.90 Å². The monoisotopic (exact) mass is 195 g/mol. The Bertz CT molecular complexity index is 272. The molecule has 70 valence electrons. The molecule has 0 heterocycles. The van der Waals surface area contributed by atoms with Gasteiger partial charge in [0.1, 0.15) is 6.29 Å². The van der Waals surface area contributed by atoms with Crippen molar-refractivity contribution in [3.63, 3.8) is 0 Å². The van der Waals surface area contributed by atoms with Crippen molar-refractivity contribution in [2.75, 3.05) is 0 Å². The molecule has 2 nitrogen and oxygen atoms in total. The zero-order valence-corrected chi connectivity index (χ0v) is 8.60. The first-order valence-corrected chi connectivity index (χ1v) is 4.91. The van der Waals surface area contributed by atoms with Crippen LogP contribution in [0.4, 0.5) is 0 Å². The summed E-state index contributed by atoms with van der Waals surface area (Å²) in [6.45, 7) is 3.69. The first kappa shape index (κ1) is 10.3. The van der Waals surface area contributed by atoms with Crippen molar-refractivity contribution >= 4 is 18.2 Å². The van der Waals surface area contributed by atoms with E-state index < -0.39 is 5.54 Å². The van der Waals surface area contributed by atoms with Crippen molar-refractivity contribution in [1.29, 1.82) is 0 Å². The van der Waals surface area contributed by atoms with E-state index in [-0.39, 0.29) is 0 Å². The Balaban J connectivity index is 2.48. The predicted octanol–water partition coefficient (Wildman–Crippen LogP) is 2.26. The van der Waals surface area contributed by atoms with Gasteiger partial charge in [0.25, 0.3) is 0 Å². The molecule has 0 spiro atoms. The van der Waals surface area contributed by atoms with Gasteiger partial charge in [-0.3, -0.25) is 0 Å². The Hall–Kier alpha value is -0.800. The summed E-state index contributed by atoms with van der Waals surface area (Å²) < 4.78 is 3.07. The van der Waals surface area contributed by atoms with Gasteiger partial charge >= 0.3 is 0 Å². The van der Waals surface area contributed by atoms with Crippen LogP contribution in [0.25, 0.3) is 0 Å². The SMILES string of the molecule is CC(C)(C=O)NSc1ccccc1. The van der Waals surface area contributed by atoms with E-state index in [0.29, 0.717) is 0 Å². The Morgan fingerprint density at radius 1 is 1.31 bits per heavy atom. The third-order valence-corrected chi connectivity index (χ3v) is 2.61. The van der Waals surface area contributed by atoms with Crippen molar-refractivity contribution < 1.29 is 4.79 Å². The number of aldehydes is 1. The summed E-state index contributed by atoms with van der Waals surface area (Å²) in [7, 11) is 0. The highest BCUT2D eigenvalue weighted by Gasteiger charge is 2.15. The number of nitrogens with one attached hydrogen (secondary N) is 1. The molecule has 0 bridgehead atoms. The quantitative estimate of drug-likeness (QED) is 0.590. The fraction of sp³-hybridized carbons (Fsp3) is 0.300. The fourth-order valence-corrected chi connectivity index (χ4v) is 1.43. The van der Waals surface area contributed by atoms with E-state index in [1.54, 1.807) is 0 Å². The molecule has 0 aliphatic rings. The standard InChI is InChI=1S/C10H13NOS/c1-10(2,8-12)11-13-9-6-4-3-5-7-9/h3-8,11H,1-2H3. The summed E-state index contributed by atoms with van der Waals surface area (Å²) in [5.41, 5.74) is -0.472. The van der Waals surface area contributed by atoms with Crippen molar-refractivity contribution in [3.8, 4) is 0 Å². The van der Waals surface area contributed by atoms with E-state index in [0.717, 1.165) is 11.2 Å². The molecule has 0 unspecified atom stereocenters. The molecule has 1 N–H and O–H groups in total. The summed E-state index contributed by atoms with van der Waals surface area (Å²) in [6, 6.07) is 9.90. The normalized spacial score (nSPS) is 11.2. The van der Waals surface area contributed by atoms with Crippen LogP contribution in [0.5, 0.6) is 0 Å². The first-order chi connectivity index (χ1) is 6.14. The molecule has 1 rings (SSSR count). The average Bonchev–Trinajstić information content (AvgIpc) is 2.17. The zero-order chi connectivity index (χ0) is 9.73. The number of benzene rings is 1. The molecular formula is C10H13NOS. The van der Waals surface area contributed by atoms with Gasteiger partial charge in [-0.25, -0.2) is 4.72 Å². The lowest BCUT2D eigenvalue weighted by atomic mass is 10.1. The van der Waals surface area contributed by atoms with Gasteiger partial charge in [0.05, 0.1) is 5.54 Å². The highest BCUT2D eigenvalue weighted by Crippen LogP contribution is 2.16. The van der Waals surface area contributed by atoms with Crippen LogP contribution < -0.4 is 4.72 Å². The smallest absolute Gasteiger partial charge is 0.140 e. The van der Waals surface area contributed by atoms with Crippen LogP contribution in [0.15, 0.2) is 35.2 Å². The van der Waals surface area contributed by atoms with Gasteiger partial charge in [-0.05, 0) is 37.9 Å². The maximum absolute atomic E-state index is 10.6. The molecule has 0 fully saturated rings. The molecule has 0 aromatic heterocycles. The van der Waals surface area contributed by atoms with Gasteiger partial charge in [-0.1, -0.05) is 18.2 Å². The molecule has 0 aliphatic carbocycles. The zero-order valence-electron chi connectivity index (χ0n) is 7.78. The van der Waals surface area contributed by atoms with Gasteiger partial charge in [0.15, 0.2) is 0 Å². The van der Waals surface area contributed by atoms with Crippen LogP contribution in [0.2, 0.25) is 0 Å². The Labute approximate surface area is 82.9 Å². The number of carbonyl (C=O) groups excluding carboxylic acids is 1. The van der Waals surface area contributed by atoms with Gasteiger partial charge in [-0.15, -0.1) is 0 Å². The molecule has 3 heteroatoms. The van der Waals surface area contributed by atoms with Crippen LogP contribution in [0, 0.1) is 0 Å². The molecule has 1 aromatic rings. The average molecular weight is 195 g/mol. The number of rotatable bonds is 4. The molecular weight excluding hydrogens is 182 g/mol. The van der Waals surface area contributed by atoms with Crippen molar-refractivity contribution in [3.05, 3.63) is 30.3 Å². The Kier molecular flexibility index (Phi) is 3.51. The number of hydrogen-bond acceptors (Lipinski definition) is 3. The number of carbonyl (C=O) groups is 1. The molecule has 0 amide bonds. The van der Waals surface area contributed by atoms with Gasteiger partial charge in [-0.2, -0.15) is 0 Å². The molecule has 0 radical (unpaired) electrons.